The van der Waals surface area contributed by atoms with Crippen molar-refractivity contribution in [2.75, 3.05) is 6.54 Å². The molecule has 0 aromatic rings. The van der Waals surface area contributed by atoms with Crippen LogP contribution in [0.2, 0.25) is 0 Å². The smallest absolute Gasteiger partial charge is 0.171 e. The second-order valence-corrected chi connectivity index (χ2v) is 1.09. The molecule has 0 fully saturated rings. The predicted molar refractivity (Wildman–Crippen MR) is 17.7 cm³/mol. The van der Waals surface area contributed by atoms with Gasteiger partial charge in [-0.25, -0.2) is 0 Å². The van der Waals surface area contributed by atoms with Gasteiger partial charge in [-0.1, -0.05) is 0 Å². The van der Waals surface area contributed by atoms with E-state index in [1.54, 1.807) is 0 Å². The Morgan fingerprint density at radius 3 is 1.71 bits per heavy atom. The molecule has 0 N–H and O–H groups in total. The van der Waals surface area contributed by atoms with Crippen molar-refractivity contribution in [1.82, 2.24) is 5.73 Å². The molecular weight excluding hydrogens is 107 g/mol. The van der Waals surface area contributed by atoms with Crippen LogP contribution in [-0.2, 0) is 0 Å². The van der Waals surface area contributed by atoms with Crippen molar-refractivity contribution in [1.29, 1.82) is 0 Å². The Labute approximate surface area is 39.3 Å². The van der Waals surface area contributed by atoms with Gasteiger partial charge in [-0.05, 0) is 0 Å². The van der Waals surface area contributed by atoms with Crippen LogP contribution in [0.5, 0.6) is 0 Å². The van der Waals surface area contributed by atoms with E-state index in [1.165, 1.54) is 0 Å². The van der Waals surface area contributed by atoms with E-state index in [2.05, 4.69) is 0 Å². The van der Waals surface area contributed by atoms with Crippen molar-refractivity contribution in [2.45, 2.75) is 12.6 Å². The van der Waals surface area contributed by atoms with Gasteiger partial charge in [0.2, 0.25) is 0 Å². The van der Waals surface area contributed by atoms with Gasteiger partial charge in [0.1, 0.15) is 0 Å². The van der Waals surface area contributed by atoms with Gasteiger partial charge in [0.15, 0.2) is 0 Å². The predicted octanol–water partition coefficient (Wildman–Crippen LogP) is 1.01. The molecule has 2 radical (unpaired) electrons. The monoisotopic (exact) mass is 111 g/mol. The Kier molecular flexibility index (Phi) is 2.08. The lowest BCUT2D eigenvalue weighted by Gasteiger charge is -1.99. The Morgan fingerprint density at radius 1 is 1.29 bits per heavy atom. The molecule has 0 bridgehead atoms. The van der Waals surface area contributed by atoms with Gasteiger partial charge in [0.05, 0.1) is 6.42 Å². The molecule has 0 aliphatic rings. The Hall–Kier alpha value is -0.250. The molecule has 0 atom stereocenters. The van der Waals surface area contributed by atoms with Gasteiger partial charge in [0, 0.05) is 6.54 Å². The summed E-state index contributed by atoms with van der Waals surface area (Å²) in [5, 5.41) is 0. The summed E-state index contributed by atoms with van der Waals surface area (Å²) < 4.78 is 32.7. The quantitative estimate of drug-likeness (QED) is 0.481. The third-order valence-corrected chi connectivity index (χ3v) is 0.395. The Bertz CT molecular complexity index is 48.6. The Balaban J connectivity index is 3.15. The lowest BCUT2D eigenvalue weighted by Crippen LogP contribution is -2.09. The SMILES string of the molecule is [N]CCC(F)(F)F. The van der Waals surface area contributed by atoms with E-state index in [-0.39, 0.29) is 0 Å². The van der Waals surface area contributed by atoms with Crippen LogP contribution in [0.25, 0.3) is 0 Å². The van der Waals surface area contributed by atoms with Crippen LogP contribution in [0.1, 0.15) is 6.42 Å². The summed E-state index contributed by atoms with van der Waals surface area (Å²) in [5.74, 6) is 0. The van der Waals surface area contributed by atoms with E-state index >= 15 is 0 Å². The lowest BCUT2D eigenvalue weighted by molar-refractivity contribution is -0.132. The van der Waals surface area contributed by atoms with Crippen LogP contribution in [-0.4, -0.2) is 12.7 Å². The van der Waals surface area contributed by atoms with E-state index in [1.807, 2.05) is 0 Å². The minimum absolute atomic E-state index is 0.816. The topological polar surface area (TPSA) is 22.3 Å². The molecule has 0 aliphatic carbocycles. The fourth-order valence-corrected chi connectivity index (χ4v) is 0.127. The molecule has 0 heterocycles. The first-order valence-electron chi connectivity index (χ1n) is 1.74. The number of alkyl halides is 3. The molecule has 0 aliphatic heterocycles. The molecule has 0 saturated carbocycles. The van der Waals surface area contributed by atoms with Crippen LogP contribution in [0.3, 0.4) is 0 Å². The van der Waals surface area contributed by atoms with Crippen LogP contribution in [0.15, 0.2) is 0 Å². The van der Waals surface area contributed by atoms with Crippen molar-refractivity contribution in [3.63, 3.8) is 0 Å². The highest BCUT2D eigenvalue weighted by molar-refractivity contribution is 4.47. The highest BCUT2D eigenvalue weighted by Crippen LogP contribution is 2.17. The van der Waals surface area contributed by atoms with E-state index in [0.29, 0.717) is 0 Å². The third-order valence-electron chi connectivity index (χ3n) is 0.395. The maximum atomic E-state index is 10.9. The second kappa shape index (κ2) is 2.16. The van der Waals surface area contributed by atoms with Crippen LogP contribution >= 0.6 is 0 Å². The summed E-state index contributed by atoms with van der Waals surface area (Å²) in [6, 6.07) is 0. The highest BCUT2D eigenvalue weighted by atomic mass is 19.4. The zero-order valence-corrected chi connectivity index (χ0v) is 3.50. The molecule has 0 rings (SSSR count). The molecule has 1 nitrogen and oxygen atoms in total. The first-order chi connectivity index (χ1) is 3.06. The largest absolute Gasteiger partial charge is 0.390 e. The zero-order chi connectivity index (χ0) is 5.91. The standard InChI is InChI=1S/C3H4F3N/c4-3(5,6)1-2-7/h1-2H2. The van der Waals surface area contributed by atoms with Crippen molar-refractivity contribution < 1.29 is 13.2 Å². The molecule has 7 heavy (non-hydrogen) atoms. The number of rotatable bonds is 1. The number of hydrogen-bond acceptors (Lipinski definition) is 0. The van der Waals surface area contributed by atoms with Gasteiger partial charge >= 0.3 is 6.18 Å². The van der Waals surface area contributed by atoms with Gasteiger partial charge in [0.25, 0.3) is 0 Å². The molecule has 0 aromatic heterocycles. The fraction of sp³-hybridized carbons (Fsp3) is 1.00. The molecule has 0 unspecified atom stereocenters. The number of halogens is 3. The summed E-state index contributed by atoms with van der Waals surface area (Å²) in [6.07, 6.45) is -5.30. The van der Waals surface area contributed by atoms with Crippen LogP contribution < -0.4 is 5.73 Å². The maximum Gasteiger partial charge on any atom is 0.390 e. The molecule has 0 amide bonds. The van der Waals surface area contributed by atoms with Crippen LogP contribution in [0.4, 0.5) is 13.2 Å². The second-order valence-electron chi connectivity index (χ2n) is 1.09. The molecular formula is C3H4F3N. The van der Waals surface area contributed by atoms with Gasteiger partial charge in [-0.3, -0.25) is 0 Å². The van der Waals surface area contributed by atoms with Gasteiger partial charge < -0.3 is 0 Å². The molecule has 0 saturated heterocycles. The van der Waals surface area contributed by atoms with Crippen molar-refractivity contribution >= 4 is 0 Å². The van der Waals surface area contributed by atoms with Gasteiger partial charge in [-0.15, -0.1) is 5.73 Å². The summed E-state index contributed by atoms with van der Waals surface area (Å²) in [4.78, 5) is 0. The maximum absolute atomic E-state index is 10.9. The van der Waals surface area contributed by atoms with Crippen molar-refractivity contribution in [3.8, 4) is 0 Å². The van der Waals surface area contributed by atoms with Crippen molar-refractivity contribution in [3.05, 3.63) is 0 Å². The average molecular weight is 111 g/mol. The molecule has 0 spiro atoms. The first-order valence-corrected chi connectivity index (χ1v) is 1.74. The molecule has 42 valence electrons. The zero-order valence-electron chi connectivity index (χ0n) is 3.50. The van der Waals surface area contributed by atoms with Gasteiger partial charge in [-0.2, -0.15) is 13.2 Å². The molecule has 4 heteroatoms. The van der Waals surface area contributed by atoms with Crippen molar-refractivity contribution in [2.24, 2.45) is 0 Å². The summed E-state index contributed by atoms with van der Waals surface area (Å²) in [5.41, 5.74) is 7.68. The highest BCUT2D eigenvalue weighted by Gasteiger charge is 2.25. The van der Waals surface area contributed by atoms with E-state index in [0.717, 1.165) is 0 Å². The summed E-state index contributed by atoms with van der Waals surface area (Å²) in [6.45, 7) is -0.816. The Morgan fingerprint density at radius 2 is 1.71 bits per heavy atom. The number of nitrogens with zero attached hydrogens (tertiary/aromatic N) is 1. The van der Waals surface area contributed by atoms with E-state index in [4.69, 9.17) is 5.73 Å². The van der Waals surface area contributed by atoms with Crippen LogP contribution in [0, 0.1) is 0 Å². The minimum Gasteiger partial charge on any atom is -0.171 e. The minimum atomic E-state index is -4.20. The normalized spacial score (nSPS) is 12.0. The summed E-state index contributed by atoms with van der Waals surface area (Å²) >= 11 is 0. The van der Waals surface area contributed by atoms with E-state index in [9.17, 15) is 13.2 Å². The van der Waals surface area contributed by atoms with E-state index < -0.39 is 19.1 Å². The first kappa shape index (κ1) is 6.75. The average Bonchev–Trinajstić information content (AvgIpc) is 1.30. The fourth-order valence-electron chi connectivity index (χ4n) is 0.127. The third kappa shape index (κ3) is 5.75. The number of hydrogen-bond donors (Lipinski definition) is 0. The lowest BCUT2D eigenvalue weighted by atomic mass is 10.4. The summed E-state index contributed by atoms with van der Waals surface area (Å²) in [7, 11) is 0. The molecule has 0 aromatic carbocycles.